The van der Waals surface area contributed by atoms with E-state index in [0.717, 1.165) is 193 Å². The number of carbonyl (C=O) groups is 6. The van der Waals surface area contributed by atoms with Crippen LogP contribution in [0.2, 0.25) is 0 Å². The molecule has 0 aliphatic rings. The summed E-state index contributed by atoms with van der Waals surface area (Å²) in [6.45, 7) is 24.3. The fourth-order valence-corrected chi connectivity index (χ4v) is 15.9. The van der Waals surface area contributed by atoms with Crippen molar-refractivity contribution in [3.63, 3.8) is 0 Å². The third-order valence-electron chi connectivity index (χ3n) is 23.5. The summed E-state index contributed by atoms with van der Waals surface area (Å²) < 4.78 is 0. The lowest BCUT2D eigenvalue weighted by Crippen LogP contribution is -2.37. The van der Waals surface area contributed by atoms with Gasteiger partial charge in [-0.15, -0.1) is 0 Å². The topological polar surface area (TPSA) is 181 Å². The third kappa shape index (κ3) is 76.1. The minimum Gasteiger partial charge on any atom is -0.355 e. The lowest BCUT2D eigenvalue weighted by molar-refractivity contribution is -0.126. The molecule has 0 aliphatic carbocycles. The molecule has 2 unspecified atom stereocenters. The second-order valence-corrected chi connectivity index (χ2v) is 34.2. The Labute approximate surface area is 683 Å². The van der Waals surface area contributed by atoms with Crippen LogP contribution in [0.4, 0.5) is 0 Å². The number of unbranched alkanes of at least 4 members (excludes halogenated alkanes) is 46. The molecular weight excluding hydrogens is 1360 g/mol. The maximum atomic E-state index is 13.3. The number of nitrogens with one attached hydrogen (secondary N) is 6. The maximum Gasteiger partial charge on any atom is 0.220 e. The molecule has 14 nitrogen and oxygen atoms in total. The van der Waals surface area contributed by atoms with Crippen LogP contribution in [0.3, 0.4) is 0 Å². The number of amides is 6. The summed E-state index contributed by atoms with van der Waals surface area (Å²) in [5, 5.41) is 19.9. The zero-order valence-corrected chi connectivity index (χ0v) is 74.8. The van der Waals surface area contributed by atoms with Crippen LogP contribution in [0.15, 0.2) is 0 Å². The van der Waals surface area contributed by atoms with E-state index < -0.39 is 0 Å². The van der Waals surface area contributed by atoms with Gasteiger partial charge in [0.1, 0.15) is 0 Å². The van der Waals surface area contributed by atoms with Crippen molar-refractivity contribution >= 4 is 35.4 Å². The molecule has 0 rings (SSSR count). The van der Waals surface area contributed by atoms with Crippen LogP contribution >= 0.6 is 0 Å². The van der Waals surface area contributed by atoms with Crippen LogP contribution in [-0.4, -0.2) is 122 Å². The average molecular weight is 1550 g/mol. The van der Waals surface area contributed by atoms with E-state index in [-0.39, 0.29) is 60.4 Å². The molecule has 0 heterocycles. The Hall–Kier alpha value is -3.26. The van der Waals surface area contributed by atoms with E-state index in [0.29, 0.717) is 50.9 Å². The highest BCUT2D eigenvalue weighted by atomic mass is 16.2. The fraction of sp³-hybridized carbons (Fsp3) is 0.938. The molecule has 0 radical (unpaired) electrons. The normalized spacial score (nSPS) is 12.2. The van der Waals surface area contributed by atoms with Crippen molar-refractivity contribution in [2.24, 2.45) is 0 Å². The van der Waals surface area contributed by atoms with Crippen molar-refractivity contribution in [3.8, 4) is 0 Å². The van der Waals surface area contributed by atoms with Gasteiger partial charge in [-0.2, -0.15) is 0 Å². The summed E-state index contributed by atoms with van der Waals surface area (Å²) in [4.78, 5) is 84.3. The summed E-state index contributed by atoms with van der Waals surface area (Å²) in [7, 11) is 0. The molecule has 0 fully saturated rings. The van der Waals surface area contributed by atoms with Crippen LogP contribution in [0.1, 0.15) is 505 Å². The number of carbonyl (C=O) groups excluding carboxylic acids is 6. The van der Waals surface area contributed by atoms with E-state index in [9.17, 15) is 28.8 Å². The lowest BCUT2D eigenvalue weighted by atomic mass is 9.99. The highest BCUT2D eigenvalue weighted by Gasteiger charge is 2.18. The monoisotopic (exact) mass is 1550 g/mol. The molecular formula is C96H190N8O6. The zero-order chi connectivity index (χ0) is 80.3. The van der Waals surface area contributed by atoms with Crippen molar-refractivity contribution < 1.29 is 28.8 Å². The number of hydrogen-bond donors (Lipinski definition) is 6. The molecule has 0 saturated heterocycles. The largest absolute Gasteiger partial charge is 0.355 e. The Balaban J connectivity index is 5.56. The van der Waals surface area contributed by atoms with E-state index in [2.05, 4.69) is 97.1 Å². The second-order valence-electron chi connectivity index (χ2n) is 34.2. The molecule has 0 aliphatic heterocycles. The van der Waals surface area contributed by atoms with Crippen LogP contribution in [0, 0.1) is 0 Å². The van der Waals surface area contributed by atoms with Gasteiger partial charge in [-0.3, -0.25) is 28.8 Å². The van der Waals surface area contributed by atoms with E-state index in [4.69, 9.17) is 0 Å². The quantitative estimate of drug-likeness (QED) is 0.0326. The first kappa shape index (κ1) is 107. The van der Waals surface area contributed by atoms with Gasteiger partial charge in [0.2, 0.25) is 35.4 Å². The van der Waals surface area contributed by atoms with E-state index in [1.54, 1.807) is 0 Å². The maximum absolute atomic E-state index is 13.3. The van der Waals surface area contributed by atoms with Crippen molar-refractivity contribution in [3.05, 3.63) is 0 Å². The van der Waals surface area contributed by atoms with Gasteiger partial charge in [0, 0.05) is 88.9 Å². The molecule has 6 N–H and O–H groups in total. The van der Waals surface area contributed by atoms with Gasteiger partial charge in [-0.25, -0.2) is 0 Å². The van der Waals surface area contributed by atoms with E-state index in [1.165, 1.54) is 257 Å². The second kappa shape index (κ2) is 85.1. The molecule has 14 heteroatoms. The molecule has 0 aromatic heterocycles. The summed E-state index contributed by atoms with van der Waals surface area (Å²) in [5.74, 6) is 0.631. The SMILES string of the molecule is CCCCCCCCCCC(CC)NC(=O)CCCCCN(CCCCCCCC(=O)NC(CCCCCCCC)CCCCCCCC)CCNC(=O)CCC(=O)NCCN(CCCCCCCC(=O)NC(CCCCCCCC)CCCCCCCC)CCCCCC(=O)NC(CC)CCCCCCCCCC. The molecule has 2 atom stereocenters. The van der Waals surface area contributed by atoms with Crippen LogP contribution in [-0.2, 0) is 28.8 Å². The number of rotatable bonds is 89. The fourth-order valence-electron chi connectivity index (χ4n) is 15.9. The van der Waals surface area contributed by atoms with Gasteiger partial charge in [-0.1, -0.05) is 364 Å². The predicted octanol–water partition coefficient (Wildman–Crippen LogP) is 25.2. The Morgan fingerprint density at radius 3 is 0.600 bits per heavy atom. The Bertz CT molecular complexity index is 1840. The van der Waals surface area contributed by atoms with Crippen molar-refractivity contribution in [1.82, 2.24) is 41.7 Å². The van der Waals surface area contributed by atoms with Crippen molar-refractivity contribution in [2.45, 2.75) is 529 Å². The summed E-state index contributed by atoms with van der Waals surface area (Å²) in [5.41, 5.74) is 0. The lowest BCUT2D eigenvalue weighted by Gasteiger charge is -2.23. The van der Waals surface area contributed by atoms with Crippen LogP contribution < -0.4 is 31.9 Å². The zero-order valence-electron chi connectivity index (χ0n) is 74.8. The molecule has 6 amide bonds. The third-order valence-corrected chi connectivity index (χ3v) is 23.5. The minimum absolute atomic E-state index is 0.0973. The van der Waals surface area contributed by atoms with E-state index >= 15 is 0 Å². The van der Waals surface area contributed by atoms with Gasteiger partial charge in [0.25, 0.3) is 0 Å². The van der Waals surface area contributed by atoms with Gasteiger partial charge in [0.05, 0.1) is 0 Å². The summed E-state index contributed by atoms with van der Waals surface area (Å²) in [6.07, 6.45) is 79.0. The van der Waals surface area contributed by atoms with Gasteiger partial charge in [0.15, 0.2) is 0 Å². The average Bonchev–Trinajstić information content (AvgIpc) is 1.02. The minimum atomic E-state index is -0.0973. The predicted molar refractivity (Wildman–Crippen MR) is 475 cm³/mol. The highest BCUT2D eigenvalue weighted by molar-refractivity contribution is 5.83. The van der Waals surface area contributed by atoms with Crippen LogP contribution in [0.5, 0.6) is 0 Å². The molecule has 0 bridgehead atoms. The van der Waals surface area contributed by atoms with Crippen molar-refractivity contribution in [2.75, 3.05) is 52.4 Å². The molecule has 0 spiro atoms. The first-order valence-electron chi connectivity index (χ1n) is 49.0. The Morgan fingerprint density at radius 2 is 0.373 bits per heavy atom. The summed E-state index contributed by atoms with van der Waals surface area (Å²) >= 11 is 0. The molecule has 0 aromatic carbocycles. The Kier molecular flexibility index (Phi) is 82.6. The van der Waals surface area contributed by atoms with Gasteiger partial charge in [-0.05, 0) is 129 Å². The van der Waals surface area contributed by atoms with E-state index in [1.807, 2.05) is 0 Å². The summed E-state index contributed by atoms with van der Waals surface area (Å²) in [6, 6.07) is 1.15. The standard InChI is InChI=1S/C96H190N8O6/c1-9-17-23-29-35-37-45-53-67-87(15-7)99-93(107)75-61-51-65-83-103(81-63-49-39-47-59-73-95(109)101-89(69-55-41-31-25-19-11-3)70-56-42-32-26-20-12-4)85-79-97-91(105)77-78-92(106)98-80-86-104(84-66-52-62-76-94(108)100-88(16-8)68-54-46-38-36-30-24-18-10-2)82-64-50-40-48-60-74-96(110)102-90(71-57-43-33-27-21-13-5)72-58-44-34-28-22-14-6/h87-90H,9-86H2,1-8H3,(H,97,105)(H,98,106)(H,99,107)(H,100,108)(H,101,109)(H,102,110). The van der Waals surface area contributed by atoms with Crippen molar-refractivity contribution in [1.29, 1.82) is 0 Å². The number of nitrogens with zero attached hydrogens (tertiary/aromatic N) is 2. The van der Waals surface area contributed by atoms with Crippen LogP contribution in [0.25, 0.3) is 0 Å². The molecule has 0 aromatic rings. The van der Waals surface area contributed by atoms with Gasteiger partial charge < -0.3 is 41.7 Å². The first-order valence-corrected chi connectivity index (χ1v) is 49.0. The first-order chi connectivity index (χ1) is 53.9. The Morgan fingerprint density at radius 1 is 0.191 bits per heavy atom. The molecule has 0 saturated carbocycles. The number of hydrogen-bond acceptors (Lipinski definition) is 8. The highest BCUT2D eigenvalue weighted by Crippen LogP contribution is 2.21. The smallest absolute Gasteiger partial charge is 0.220 e. The molecule has 650 valence electrons. The van der Waals surface area contributed by atoms with Gasteiger partial charge >= 0.3 is 0 Å². The molecule has 110 heavy (non-hydrogen) atoms.